The number of benzene rings is 1. The number of aromatic nitrogens is 2. The van der Waals surface area contributed by atoms with Gasteiger partial charge in [0.2, 0.25) is 0 Å². The van der Waals surface area contributed by atoms with E-state index in [2.05, 4.69) is 34.3 Å². The van der Waals surface area contributed by atoms with Gasteiger partial charge in [0.15, 0.2) is 0 Å². The van der Waals surface area contributed by atoms with Crippen LogP contribution in [0.4, 0.5) is 5.82 Å². The van der Waals surface area contributed by atoms with Crippen molar-refractivity contribution in [3.05, 3.63) is 46.6 Å². The molecule has 2 aliphatic rings. The Kier molecular flexibility index (Phi) is 3.63. The van der Waals surface area contributed by atoms with Crippen LogP contribution in [-0.4, -0.2) is 16.6 Å². The number of thiophene rings is 1. The van der Waals surface area contributed by atoms with E-state index in [0.29, 0.717) is 0 Å². The highest BCUT2D eigenvalue weighted by Gasteiger charge is 2.26. The van der Waals surface area contributed by atoms with Crippen molar-refractivity contribution in [2.75, 3.05) is 11.9 Å². The van der Waals surface area contributed by atoms with Gasteiger partial charge in [-0.15, -0.1) is 11.3 Å². The zero-order valence-electron chi connectivity index (χ0n) is 14.3. The molecule has 3 heterocycles. The molecule has 1 aliphatic heterocycles. The molecule has 0 saturated carbocycles. The van der Waals surface area contributed by atoms with Crippen molar-refractivity contribution in [3.63, 3.8) is 0 Å². The monoisotopic (exact) mass is 351 g/mol. The summed E-state index contributed by atoms with van der Waals surface area (Å²) in [6.45, 7) is 3.08. The highest BCUT2D eigenvalue weighted by molar-refractivity contribution is 7.19. The first-order valence-corrected chi connectivity index (χ1v) is 9.85. The summed E-state index contributed by atoms with van der Waals surface area (Å²) in [7, 11) is 0. The van der Waals surface area contributed by atoms with Crippen molar-refractivity contribution in [1.82, 2.24) is 9.97 Å². The SMILES string of the molecule is C[C@H]1CCc2c(sc3ncnc(N[C@@H]4CCOc5ccccc54)c23)C1. The third-order valence-corrected chi connectivity index (χ3v) is 6.52. The molecule has 5 heteroatoms. The fourth-order valence-corrected chi connectivity index (χ4v) is 5.39. The Bertz CT molecular complexity index is 936. The van der Waals surface area contributed by atoms with Crippen LogP contribution in [0, 0.1) is 5.92 Å². The first-order valence-electron chi connectivity index (χ1n) is 9.03. The number of fused-ring (bicyclic) bond motifs is 4. The molecule has 0 fully saturated rings. The van der Waals surface area contributed by atoms with Crippen LogP contribution in [0.15, 0.2) is 30.6 Å². The van der Waals surface area contributed by atoms with Gasteiger partial charge >= 0.3 is 0 Å². The van der Waals surface area contributed by atoms with E-state index in [1.807, 2.05) is 23.5 Å². The number of nitrogens with zero attached hydrogens (tertiary/aromatic N) is 2. The quantitative estimate of drug-likeness (QED) is 0.724. The minimum atomic E-state index is 0.237. The number of ether oxygens (including phenoxy) is 1. The number of anilines is 1. The smallest absolute Gasteiger partial charge is 0.138 e. The molecule has 1 aliphatic carbocycles. The van der Waals surface area contributed by atoms with Gasteiger partial charge in [-0.3, -0.25) is 0 Å². The third kappa shape index (κ3) is 2.58. The van der Waals surface area contributed by atoms with Crippen LogP contribution >= 0.6 is 11.3 Å². The maximum Gasteiger partial charge on any atom is 0.138 e. The Labute approximate surface area is 151 Å². The van der Waals surface area contributed by atoms with Gasteiger partial charge in [-0.1, -0.05) is 25.1 Å². The number of rotatable bonds is 2. The van der Waals surface area contributed by atoms with Crippen molar-refractivity contribution in [2.45, 2.75) is 38.6 Å². The molecule has 1 aromatic carbocycles. The van der Waals surface area contributed by atoms with Crippen LogP contribution in [0.25, 0.3) is 10.2 Å². The van der Waals surface area contributed by atoms with Crippen LogP contribution in [0.5, 0.6) is 5.75 Å². The first kappa shape index (κ1) is 15.1. The van der Waals surface area contributed by atoms with Crippen LogP contribution in [0.2, 0.25) is 0 Å². The molecule has 128 valence electrons. The lowest BCUT2D eigenvalue weighted by molar-refractivity contribution is 0.274. The standard InChI is InChI=1S/C20H21N3OS/c1-12-6-7-14-17(10-12)25-20-18(14)19(21-11-22-20)23-15-8-9-24-16-5-3-2-4-13(15)16/h2-5,11-12,15H,6-10H2,1H3,(H,21,22,23)/t12-,15+/m0/s1. The minimum Gasteiger partial charge on any atom is -0.493 e. The maximum atomic E-state index is 5.80. The summed E-state index contributed by atoms with van der Waals surface area (Å²) in [5.41, 5.74) is 2.69. The normalized spacial score (nSPS) is 22.1. The van der Waals surface area contributed by atoms with Gasteiger partial charge < -0.3 is 10.1 Å². The van der Waals surface area contributed by atoms with Crippen molar-refractivity contribution in [3.8, 4) is 5.75 Å². The van der Waals surface area contributed by atoms with Gasteiger partial charge in [0.1, 0.15) is 22.7 Å². The third-order valence-electron chi connectivity index (χ3n) is 5.36. The van der Waals surface area contributed by atoms with Crippen molar-refractivity contribution < 1.29 is 4.74 Å². The summed E-state index contributed by atoms with van der Waals surface area (Å²) in [5, 5.41) is 4.95. The Balaban J connectivity index is 1.56. The minimum absolute atomic E-state index is 0.237. The lowest BCUT2D eigenvalue weighted by atomic mass is 9.89. The van der Waals surface area contributed by atoms with E-state index < -0.39 is 0 Å². The molecule has 0 radical (unpaired) electrons. The second-order valence-electron chi connectivity index (χ2n) is 7.13. The molecule has 0 unspecified atom stereocenters. The molecule has 0 spiro atoms. The lowest BCUT2D eigenvalue weighted by Gasteiger charge is -2.27. The number of hydrogen-bond donors (Lipinski definition) is 1. The summed E-state index contributed by atoms with van der Waals surface area (Å²) in [4.78, 5) is 11.8. The highest BCUT2D eigenvalue weighted by atomic mass is 32.1. The predicted octanol–water partition coefficient (Wildman–Crippen LogP) is 4.75. The van der Waals surface area contributed by atoms with Gasteiger partial charge in [-0.05, 0) is 36.8 Å². The first-order chi connectivity index (χ1) is 12.3. The second-order valence-corrected chi connectivity index (χ2v) is 8.21. The molecule has 25 heavy (non-hydrogen) atoms. The Hall–Kier alpha value is -2.14. The van der Waals surface area contributed by atoms with E-state index >= 15 is 0 Å². The van der Waals surface area contributed by atoms with Gasteiger partial charge in [0, 0.05) is 16.9 Å². The highest BCUT2D eigenvalue weighted by Crippen LogP contribution is 2.41. The Morgan fingerprint density at radius 1 is 1.20 bits per heavy atom. The molecular weight excluding hydrogens is 330 g/mol. The second kappa shape index (κ2) is 5.99. The zero-order valence-corrected chi connectivity index (χ0v) is 15.1. The fourth-order valence-electron chi connectivity index (χ4n) is 4.04. The van der Waals surface area contributed by atoms with Gasteiger partial charge in [-0.25, -0.2) is 9.97 Å². The zero-order chi connectivity index (χ0) is 16.8. The van der Waals surface area contributed by atoms with Gasteiger partial charge in [-0.2, -0.15) is 0 Å². The van der Waals surface area contributed by atoms with Crippen molar-refractivity contribution >= 4 is 27.4 Å². The van der Waals surface area contributed by atoms with Crippen LogP contribution in [-0.2, 0) is 12.8 Å². The molecule has 2 atom stereocenters. The van der Waals surface area contributed by atoms with E-state index in [0.717, 1.165) is 41.8 Å². The van der Waals surface area contributed by atoms with E-state index in [1.54, 1.807) is 6.33 Å². The number of nitrogens with one attached hydrogen (secondary N) is 1. The Morgan fingerprint density at radius 3 is 3.08 bits per heavy atom. The predicted molar refractivity (Wildman–Crippen MR) is 102 cm³/mol. The van der Waals surface area contributed by atoms with Crippen LogP contribution in [0.1, 0.15) is 41.8 Å². The molecule has 2 aromatic heterocycles. The van der Waals surface area contributed by atoms with Gasteiger partial charge in [0.05, 0.1) is 18.0 Å². The molecular formula is C20H21N3OS. The fraction of sp³-hybridized carbons (Fsp3) is 0.400. The number of para-hydroxylation sites is 1. The molecule has 3 aromatic rings. The van der Waals surface area contributed by atoms with E-state index in [-0.39, 0.29) is 6.04 Å². The van der Waals surface area contributed by atoms with Gasteiger partial charge in [0.25, 0.3) is 0 Å². The maximum absolute atomic E-state index is 5.80. The van der Waals surface area contributed by atoms with Crippen LogP contribution < -0.4 is 10.1 Å². The molecule has 1 N–H and O–H groups in total. The topological polar surface area (TPSA) is 47.0 Å². The lowest BCUT2D eigenvalue weighted by Crippen LogP contribution is -2.21. The van der Waals surface area contributed by atoms with Crippen LogP contribution in [0.3, 0.4) is 0 Å². The molecule has 0 amide bonds. The van der Waals surface area contributed by atoms with Crippen molar-refractivity contribution in [2.24, 2.45) is 5.92 Å². The average molecular weight is 351 g/mol. The summed E-state index contributed by atoms with van der Waals surface area (Å²) in [5.74, 6) is 2.74. The Morgan fingerprint density at radius 2 is 2.12 bits per heavy atom. The summed E-state index contributed by atoms with van der Waals surface area (Å²) in [6, 6.07) is 8.54. The van der Waals surface area contributed by atoms with E-state index in [9.17, 15) is 0 Å². The average Bonchev–Trinajstić information content (AvgIpc) is 3.00. The summed E-state index contributed by atoms with van der Waals surface area (Å²) >= 11 is 1.85. The molecule has 5 rings (SSSR count). The largest absolute Gasteiger partial charge is 0.493 e. The molecule has 0 saturated heterocycles. The van der Waals surface area contributed by atoms with Crippen molar-refractivity contribution in [1.29, 1.82) is 0 Å². The van der Waals surface area contributed by atoms with E-state index in [1.165, 1.54) is 34.2 Å². The number of hydrogen-bond acceptors (Lipinski definition) is 5. The van der Waals surface area contributed by atoms with E-state index in [4.69, 9.17) is 4.74 Å². The summed E-state index contributed by atoms with van der Waals surface area (Å²) in [6.07, 6.45) is 6.22. The number of aryl methyl sites for hydroxylation is 1. The summed E-state index contributed by atoms with van der Waals surface area (Å²) < 4.78 is 5.80. The molecule has 4 nitrogen and oxygen atoms in total. The molecule has 0 bridgehead atoms.